The fraction of sp³-hybridized carbons (Fsp3) is 0. The predicted molar refractivity (Wildman–Crippen MR) is 53.1 cm³/mol. The molecule has 0 heterocycles. The van der Waals surface area contributed by atoms with Crippen molar-refractivity contribution in [3.63, 3.8) is 0 Å². The van der Waals surface area contributed by atoms with Gasteiger partial charge < -0.3 is 0 Å². The van der Waals surface area contributed by atoms with Crippen LogP contribution in [0.2, 0.25) is 0 Å². The standard InChI is InChI=1S/C8Br2N2O2/c9-5-6(10)8(14)4(2-12)3(1-11)7(5)13. The second-order valence-electron chi connectivity index (χ2n) is 2.26. The molecule has 1 aliphatic carbocycles. The van der Waals surface area contributed by atoms with E-state index in [1.54, 1.807) is 0 Å². The Kier molecular flexibility index (Phi) is 3.00. The summed E-state index contributed by atoms with van der Waals surface area (Å²) in [7, 11) is 0. The van der Waals surface area contributed by atoms with Crippen LogP contribution < -0.4 is 0 Å². The summed E-state index contributed by atoms with van der Waals surface area (Å²) in [5, 5.41) is 17.2. The maximum absolute atomic E-state index is 11.4. The molecule has 0 saturated heterocycles. The van der Waals surface area contributed by atoms with E-state index in [1.165, 1.54) is 12.1 Å². The van der Waals surface area contributed by atoms with E-state index >= 15 is 0 Å². The highest BCUT2D eigenvalue weighted by Gasteiger charge is 2.32. The van der Waals surface area contributed by atoms with E-state index < -0.39 is 22.7 Å². The monoisotopic (exact) mass is 314 g/mol. The number of ketones is 2. The third kappa shape index (κ3) is 1.43. The van der Waals surface area contributed by atoms with Crippen LogP contribution in [0.25, 0.3) is 0 Å². The average molecular weight is 316 g/mol. The summed E-state index contributed by atoms with van der Waals surface area (Å²) in [6, 6.07) is 3.08. The van der Waals surface area contributed by atoms with Crippen LogP contribution in [0.1, 0.15) is 0 Å². The molecule has 0 fully saturated rings. The van der Waals surface area contributed by atoms with Crippen molar-refractivity contribution in [1.29, 1.82) is 10.5 Å². The number of Topliss-reactive ketones (excluding diaryl/α,β-unsaturated/α-hetero) is 2. The molecular weight excluding hydrogens is 316 g/mol. The molecule has 6 heteroatoms. The first kappa shape index (κ1) is 10.8. The SMILES string of the molecule is N#CC1=C(C#N)C(=O)C(Br)=C(Br)C1=O. The second-order valence-corrected chi connectivity index (χ2v) is 3.85. The smallest absolute Gasteiger partial charge is 0.213 e. The molecule has 1 aliphatic rings. The molecule has 68 valence electrons. The van der Waals surface area contributed by atoms with Crippen LogP contribution in [0.15, 0.2) is 20.1 Å². The molecule has 0 aromatic rings. The Labute approximate surface area is 95.8 Å². The molecule has 0 spiro atoms. The Morgan fingerprint density at radius 2 is 1.14 bits per heavy atom. The Bertz CT molecular complexity index is 444. The number of nitriles is 2. The van der Waals surface area contributed by atoms with Crippen LogP contribution in [-0.4, -0.2) is 11.6 Å². The summed E-state index contributed by atoms with van der Waals surface area (Å²) < 4.78 is -0.0592. The first-order valence-corrected chi connectivity index (χ1v) is 4.82. The third-order valence-electron chi connectivity index (χ3n) is 1.52. The predicted octanol–water partition coefficient (Wildman–Crippen LogP) is 1.48. The summed E-state index contributed by atoms with van der Waals surface area (Å²) in [6.07, 6.45) is 0. The molecule has 1 rings (SSSR count). The lowest BCUT2D eigenvalue weighted by Crippen LogP contribution is -2.18. The molecule has 0 N–H and O–H groups in total. The van der Waals surface area contributed by atoms with Gasteiger partial charge >= 0.3 is 0 Å². The largest absolute Gasteiger partial charge is 0.287 e. The van der Waals surface area contributed by atoms with Gasteiger partial charge in [0.2, 0.25) is 11.6 Å². The number of hydrogen-bond acceptors (Lipinski definition) is 4. The number of allylic oxidation sites excluding steroid dienone is 4. The minimum atomic E-state index is -0.657. The number of halogens is 2. The first-order chi connectivity index (χ1) is 6.54. The van der Waals surface area contributed by atoms with E-state index in [0.29, 0.717) is 0 Å². The zero-order chi connectivity index (χ0) is 10.9. The Morgan fingerprint density at radius 1 is 0.857 bits per heavy atom. The van der Waals surface area contributed by atoms with Crippen LogP contribution >= 0.6 is 31.9 Å². The Morgan fingerprint density at radius 3 is 1.36 bits per heavy atom. The van der Waals surface area contributed by atoms with Crippen molar-refractivity contribution in [3.8, 4) is 12.1 Å². The summed E-state index contributed by atoms with van der Waals surface area (Å²) in [5.74, 6) is -1.31. The summed E-state index contributed by atoms with van der Waals surface area (Å²) in [6.45, 7) is 0. The Balaban J connectivity index is 3.51. The number of hydrogen-bond donors (Lipinski definition) is 0. The fourth-order valence-corrected chi connectivity index (χ4v) is 1.62. The average Bonchev–Trinajstić information content (AvgIpc) is 2.20. The summed E-state index contributed by atoms with van der Waals surface area (Å²) >= 11 is 5.73. The van der Waals surface area contributed by atoms with E-state index in [-0.39, 0.29) is 8.96 Å². The van der Waals surface area contributed by atoms with Gasteiger partial charge in [-0.2, -0.15) is 10.5 Å². The Hall–Kier alpha value is -1.24. The zero-order valence-electron chi connectivity index (χ0n) is 6.47. The van der Waals surface area contributed by atoms with Crippen molar-refractivity contribution in [2.45, 2.75) is 0 Å². The van der Waals surface area contributed by atoms with Crippen molar-refractivity contribution in [2.24, 2.45) is 0 Å². The van der Waals surface area contributed by atoms with E-state index in [9.17, 15) is 9.59 Å². The maximum Gasteiger partial charge on any atom is 0.213 e. The van der Waals surface area contributed by atoms with E-state index in [0.717, 1.165) is 0 Å². The lowest BCUT2D eigenvalue weighted by molar-refractivity contribution is -0.115. The zero-order valence-corrected chi connectivity index (χ0v) is 9.64. The van der Waals surface area contributed by atoms with Gasteiger partial charge in [0.25, 0.3) is 0 Å². The van der Waals surface area contributed by atoms with Gasteiger partial charge in [-0.25, -0.2) is 0 Å². The number of carbonyl (C=O) groups is 2. The fourth-order valence-electron chi connectivity index (χ4n) is 0.859. The van der Waals surface area contributed by atoms with E-state index in [4.69, 9.17) is 10.5 Å². The van der Waals surface area contributed by atoms with Crippen molar-refractivity contribution in [2.75, 3.05) is 0 Å². The summed E-state index contributed by atoms with van der Waals surface area (Å²) in [4.78, 5) is 22.7. The van der Waals surface area contributed by atoms with Gasteiger partial charge in [-0.3, -0.25) is 9.59 Å². The van der Waals surface area contributed by atoms with Crippen LogP contribution in [0.4, 0.5) is 0 Å². The minimum absolute atomic E-state index is 0.0296. The second kappa shape index (κ2) is 3.87. The number of rotatable bonds is 0. The van der Waals surface area contributed by atoms with Gasteiger partial charge in [-0.1, -0.05) is 0 Å². The van der Waals surface area contributed by atoms with Crippen molar-refractivity contribution < 1.29 is 9.59 Å². The lowest BCUT2D eigenvalue weighted by Gasteiger charge is -2.09. The summed E-state index contributed by atoms with van der Waals surface area (Å²) in [5.41, 5.74) is -0.847. The van der Waals surface area contributed by atoms with Crippen LogP contribution in [0, 0.1) is 22.7 Å². The highest BCUT2D eigenvalue weighted by Crippen LogP contribution is 2.30. The highest BCUT2D eigenvalue weighted by molar-refractivity contribution is 9.14. The van der Waals surface area contributed by atoms with Gasteiger partial charge in [0.15, 0.2) is 0 Å². The maximum atomic E-state index is 11.4. The third-order valence-corrected chi connectivity index (χ3v) is 3.56. The van der Waals surface area contributed by atoms with E-state index in [2.05, 4.69) is 31.9 Å². The van der Waals surface area contributed by atoms with Gasteiger partial charge in [-0.05, 0) is 31.9 Å². The normalized spacial score (nSPS) is 16.9. The van der Waals surface area contributed by atoms with Gasteiger partial charge in [0.05, 0.1) is 8.96 Å². The number of carbonyl (C=O) groups excluding carboxylic acids is 2. The molecule has 0 radical (unpaired) electrons. The quantitative estimate of drug-likeness (QED) is 0.634. The molecule has 0 atom stereocenters. The van der Waals surface area contributed by atoms with Crippen LogP contribution in [-0.2, 0) is 9.59 Å². The van der Waals surface area contributed by atoms with Crippen LogP contribution in [0.3, 0.4) is 0 Å². The van der Waals surface area contributed by atoms with Crippen molar-refractivity contribution in [1.82, 2.24) is 0 Å². The van der Waals surface area contributed by atoms with Gasteiger partial charge in [-0.15, -0.1) is 0 Å². The highest BCUT2D eigenvalue weighted by atomic mass is 79.9. The van der Waals surface area contributed by atoms with Gasteiger partial charge in [0, 0.05) is 0 Å². The molecule has 14 heavy (non-hydrogen) atoms. The lowest BCUT2D eigenvalue weighted by atomic mass is 9.97. The molecule has 4 nitrogen and oxygen atoms in total. The van der Waals surface area contributed by atoms with Crippen molar-refractivity contribution in [3.05, 3.63) is 20.1 Å². The molecule has 0 unspecified atom stereocenters. The molecule has 0 amide bonds. The molecular formula is C8Br2N2O2. The molecule has 0 aliphatic heterocycles. The topological polar surface area (TPSA) is 81.7 Å². The minimum Gasteiger partial charge on any atom is -0.287 e. The molecule has 0 bridgehead atoms. The number of nitrogens with zero attached hydrogens (tertiary/aromatic N) is 2. The molecule has 0 saturated carbocycles. The molecule has 0 aromatic carbocycles. The van der Waals surface area contributed by atoms with E-state index in [1.807, 2.05) is 0 Å². The van der Waals surface area contributed by atoms with Crippen LogP contribution in [0.5, 0.6) is 0 Å². The van der Waals surface area contributed by atoms with Crippen molar-refractivity contribution >= 4 is 43.4 Å². The molecule has 0 aromatic heterocycles. The first-order valence-electron chi connectivity index (χ1n) is 3.23. The van der Waals surface area contributed by atoms with Gasteiger partial charge in [0.1, 0.15) is 23.3 Å².